The maximum Gasteiger partial charge on any atom is 2.00 e. The molecule has 1 heterocycles. The summed E-state index contributed by atoms with van der Waals surface area (Å²) in [7, 11) is 0. The van der Waals surface area contributed by atoms with Gasteiger partial charge in [0.25, 0.3) is 5.91 Å². The molecule has 2 aliphatic carbocycles. The van der Waals surface area contributed by atoms with Crippen molar-refractivity contribution in [3.8, 4) is 0 Å². The number of anilines is 1. The van der Waals surface area contributed by atoms with Crippen molar-refractivity contribution in [2.75, 3.05) is 11.9 Å². The molecule has 0 unspecified atom stereocenters. The minimum absolute atomic E-state index is 0. The van der Waals surface area contributed by atoms with Gasteiger partial charge in [-0.3, -0.25) is 4.79 Å². The predicted molar refractivity (Wildman–Crippen MR) is 139 cm³/mol. The second-order valence-corrected chi connectivity index (χ2v) is 10.4. The Balaban J connectivity index is 0.000000567. The first-order valence-electron chi connectivity index (χ1n) is 12.2. The van der Waals surface area contributed by atoms with Crippen LogP contribution in [0.15, 0.2) is 16.7 Å². The molecule has 180 valence electrons. The van der Waals surface area contributed by atoms with Crippen LogP contribution in [0.3, 0.4) is 0 Å². The topological polar surface area (TPSA) is 41.1 Å². The van der Waals surface area contributed by atoms with Crippen molar-refractivity contribution in [3.05, 3.63) is 40.4 Å². The summed E-state index contributed by atoms with van der Waals surface area (Å²) in [5, 5.41) is 8.23. The predicted octanol–water partition coefficient (Wildman–Crippen LogP) is 8.48. The van der Waals surface area contributed by atoms with E-state index in [9.17, 15) is 4.79 Å². The molecule has 0 aromatic carbocycles. The Kier molecular flexibility index (Phi) is 17.1. The van der Waals surface area contributed by atoms with Crippen molar-refractivity contribution in [3.63, 3.8) is 0 Å². The summed E-state index contributed by atoms with van der Waals surface area (Å²) in [5.74, 6) is -0.0400. The van der Waals surface area contributed by atoms with E-state index in [1.54, 1.807) is 0 Å². The fraction of sp³-hybridized carbons (Fsp3) is 0.667. The molecule has 2 fully saturated rings. The molecule has 0 aliphatic heterocycles. The first-order chi connectivity index (χ1) is 14.7. The number of amides is 1. The van der Waals surface area contributed by atoms with Gasteiger partial charge < -0.3 is 24.0 Å². The molecule has 2 aliphatic rings. The summed E-state index contributed by atoms with van der Waals surface area (Å²) in [6.45, 7) is 16.9. The molecule has 32 heavy (non-hydrogen) atoms. The number of allylic oxidation sites excluding steroid dienone is 2. The number of carbonyl (C=O) groups excluding carboxylic acids is 1. The summed E-state index contributed by atoms with van der Waals surface area (Å²) in [5.41, 5.74) is 5.27. The first kappa shape index (κ1) is 31.8. The van der Waals surface area contributed by atoms with Gasteiger partial charge in [0, 0.05) is 5.70 Å². The van der Waals surface area contributed by atoms with Crippen LogP contribution in [-0.4, -0.2) is 12.5 Å². The van der Waals surface area contributed by atoms with Crippen molar-refractivity contribution in [1.29, 1.82) is 0 Å². The molecule has 1 aromatic heterocycles. The van der Waals surface area contributed by atoms with E-state index in [4.69, 9.17) is 0 Å². The summed E-state index contributed by atoms with van der Waals surface area (Å²) in [4.78, 5) is 12.7. The molecule has 0 radical (unpaired) electrons. The molecule has 3 rings (SSSR count). The normalized spacial score (nSPS) is 15.0. The van der Waals surface area contributed by atoms with Crippen LogP contribution in [0.25, 0.3) is 0 Å². The Labute approximate surface area is 226 Å². The van der Waals surface area contributed by atoms with Gasteiger partial charge in [-0.25, -0.2) is 0 Å². The second kappa shape index (κ2) is 17.2. The monoisotopic (exact) mass is 684 g/mol. The quantitative estimate of drug-likeness (QED) is 0.242. The molecule has 1 amide bonds. The number of nitrogens with one attached hydrogen (secondary N) is 2. The van der Waals surface area contributed by atoms with Crippen LogP contribution in [0.4, 0.5) is 5.69 Å². The fourth-order valence-electron chi connectivity index (χ4n) is 3.14. The van der Waals surface area contributed by atoms with Crippen molar-refractivity contribution in [2.24, 2.45) is 5.41 Å². The van der Waals surface area contributed by atoms with Crippen LogP contribution in [0.2, 0.25) is 0 Å². The number of hydrogen-bond acceptors (Lipinski definition) is 3. The van der Waals surface area contributed by atoms with E-state index in [1.165, 1.54) is 80.4 Å². The van der Waals surface area contributed by atoms with Crippen LogP contribution < -0.4 is 10.6 Å². The number of hydrogen-bond donors (Lipinski definition) is 2. The molecule has 0 spiro atoms. The van der Waals surface area contributed by atoms with Gasteiger partial charge in [0.2, 0.25) is 0 Å². The summed E-state index contributed by atoms with van der Waals surface area (Å²) >= 11 is 1.48. The van der Waals surface area contributed by atoms with Crippen molar-refractivity contribution < 1.29 is 35.9 Å². The average molecular weight is 685 g/mol. The van der Waals surface area contributed by atoms with Crippen molar-refractivity contribution >= 4 is 22.9 Å². The Bertz CT molecular complexity index is 663. The molecule has 2 N–H and O–H groups in total. The van der Waals surface area contributed by atoms with Crippen LogP contribution in [-0.2, 0) is 0 Å². The van der Waals surface area contributed by atoms with Crippen LogP contribution >= 0.6 is 11.3 Å². The number of aryl methyl sites for hydroxylation is 1. The fourth-order valence-corrected chi connectivity index (χ4v) is 4.06. The number of carbonyl (C=O) groups is 1. The molecule has 1 aromatic rings. The Morgan fingerprint density at radius 3 is 1.91 bits per heavy atom. The zero-order valence-electron chi connectivity index (χ0n) is 21.5. The number of rotatable bonds is 5. The molecule has 3 nitrogen and oxygen atoms in total. The largest absolute Gasteiger partial charge is 2.00 e. The van der Waals surface area contributed by atoms with E-state index in [1.807, 2.05) is 12.3 Å². The Hall–Kier alpha value is -0.238. The van der Waals surface area contributed by atoms with E-state index in [0.717, 1.165) is 22.5 Å². The molecule has 2 saturated carbocycles. The van der Waals surface area contributed by atoms with Crippen LogP contribution in [0.5, 0.6) is 0 Å². The van der Waals surface area contributed by atoms with Crippen molar-refractivity contribution in [2.45, 2.75) is 106 Å². The van der Waals surface area contributed by atoms with E-state index < -0.39 is 0 Å². The maximum absolute atomic E-state index is 11.9. The van der Waals surface area contributed by atoms with E-state index >= 15 is 0 Å². The van der Waals surface area contributed by atoms with Gasteiger partial charge in [-0.05, 0) is 37.1 Å². The van der Waals surface area contributed by atoms with Crippen LogP contribution in [0.1, 0.15) is 114 Å². The van der Waals surface area contributed by atoms with Gasteiger partial charge >= 0.3 is 31.1 Å². The first-order valence-corrected chi connectivity index (χ1v) is 13.0. The standard InChI is InChI=1S/C14H19N2OS.C7H14.C6H13.U/c1-4-11(10-6-7-10)16-12-9(3)8-18-13(12)14(17)15-5-2;1-2-4-6-7-5-3-1;1-5-6(2,3)4;/h8,16H,2,4-7H2,1,3H3,(H,15,17);1-7H2;5H,1-4H3;/q-1;;-1;+2. The Morgan fingerprint density at radius 1 is 1.09 bits per heavy atom. The third kappa shape index (κ3) is 13.5. The van der Waals surface area contributed by atoms with Gasteiger partial charge in [-0.1, -0.05) is 78.2 Å². The molecule has 0 bridgehead atoms. The molecule has 5 heteroatoms. The van der Waals surface area contributed by atoms with Gasteiger partial charge in [-0.15, -0.1) is 17.9 Å². The van der Waals surface area contributed by atoms with E-state index in [2.05, 4.69) is 58.6 Å². The summed E-state index contributed by atoms with van der Waals surface area (Å²) < 4.78 is 0. The molecular formula is C27H46N2OSU. The van der Waals surface area contributed by atoms with E-state index in [0.29, 0.717) is 12.0 Å². The third-order valence-corrected chi connectivity index (χ3v) is 6.74. The van der Waals surface area contributed by atoms with Crippen LogP contribution in [0, 0.1) is 56.8 Å². The average Bonchev–Trinajstić information content (AvgIpc) is 3.55. The SMILES string of the molecule is C1CCCCCC1.C[CH-]C(C)(C)C.[CH2-]CNC(=O)c1scc(C)c1NC(CC)=C1CC1.[U+2]. The summed E-state index contributed by atoms with van der Waals surface area (Å²) in [6.07, 6.45) is 16.1. The smallest absolute Gasteiger partial charge is 0.381 e. The van der Waals surface area contributed by atoms with Gasteiger partial charge in [0.15, 0.2) is 0 Å². The number of thiophene rings is 1. The minimum Gasteiger partial charge on any atom is -0.381 e. The zero-order valence-corrected chi connectivity index (χ0v) is 26.4. The van der Waals surface area contributed by atoms with Gasteiger partial charge in [-0.2, -0.15) is 12.3 Å². The molecule has 0 atom stereocenters. The van der Waals surface area contributed by atoms with Gasteiger partial charge in [0.1, 0.15) is 4.88 Å². The van der Waals surface area contributed by atoms with Gasteiger partial charge in [0.05, 0.1) is 5.69 Å². The minimum atomic E-state index is -0.0400. The Morgan fingerprint density at radius 2 is 1.56 bits per heavy atom. The zero-order chi connectivity index (χ0) is 23.3. The molecular weight excluding hydrogens is 638 g/mol. The maximum atomic E-state index is 11.9. The second-order valence-electron chi connectivity index (χ2n) is 9.57. The third-order valence-electron chi connectivity index (χ3n) is 5.64. The van der Waals surface area contributed by atoms with Crippen molar-refractivity contribution in [1.82, 2.24) is 5.32 Å². The van der Waals surface area contributed by atoms with E-state index in [-0.39, 0.29) is 37.0 Å². The summed E-state index contributed by atoms with van der Waals surface area (Å²) in [6, 6.07) is 0. The molecule has 0 saturated heterocycles.